The molecule has 37 nitrogen and oxygen atoms in total. The molecule has 0 saturated carbocycles. The SMILES string of the molecule is [B-]P(=O)(OC[C@H]1O[C@@H]([n+]2cn(C)c3c(=O)[nH]c(N)nc32)[C@H](O)[C@@H]1CC(=O)N(C)C)OP(=O)(O)OP(=O)(O)OC[C@H]1O[C@@H](n2cnc3c(N)ncnc32)[C@H](OC)[C@@H]1OP(=O)(O)OC[C@H]1O[C@@H](n2ccc(=O)[nH]c2=O)[C@H](O)[C@@H]1O. The van der Waals surface area contributed by atoms with Crippen molar-refractivity contribution in [1.29, 1.82) is 0 Å². The van der Waals surface area contributed by atoms with Crippen molar-refractivity contribution in [1.82, 2.24) is 48.5 Å². The Morgan fingerprint density at radius 3 is 2.21 bits per heavy atom. The zero-order chi connectivity index (χ0) is 56.3. The first-order chi connectivity index (χ1) is 36.0. The molecular weight excluding hydrogens is 1120 g/mol. The molecule has 4 unspecified atom stereocenters. The maximum absolute atomic E-state index is 13.6. The van der Waals surface area contributed by atoms with Crippen molar-refractivity contribution in [3.63, 3.8) is 0 Å². The van der Waals surface area contributed by atoms with Gasteiger partial charge >= 0.3 is 34.8 Å². The molecule has 3 saturated heterocycles. The molecule has 421 valence electrons. The van der Waals surface area contributed by atoms with Gasteiger partial charge in [0, 0.05) is 45.8 Å². The van der Waals surface area contributed by atoms with Gasteiger partial charge in [0.2, 0.25) is 17.7 Å². The zero-order valence-corrected chi connectivity index (χ0v) is 43.8. The minimum Gasteiger partial charge on any atom is -0.443 e. The van der Waals surface area contributed by atoms with Crippen LogP contribution in [0, 0.1) is 5.92 Å². The third-order valence-corrected chi connectivity index (χ3v) is 17.4. The minimum atomic E-state index is -6.11. The van der Waals surface area contributed by atoms with Crippen molar-refractivity contribution in [3.05, 3.63) is 62.4 Å². The van der Waals surface area contributed by atoms with Crippen LogP contribution in [0.3, 0.4) is 0 Å². The van der Waals surface area contributed by atoms with Crippen LogP contribution in [0.15, 0.2) is 45.6 Å². The fraction of sp³-hybridized carbons (Fsp3) is 0.571. The molecule has 0 bridgehead atoms. The second kappa shape index (κ2) is 22.3. The fourth-order valence-corrected chi connectivity index (χ4v) is 13.1. The second-order valence-corrected chi connectivity index (χ2v) is 23.6. The normalized spacial score (nSPS) is 29.8. The molecule has 5 aromatic rings. The van der Waals surface area contributed by atoms with Gasteiger partial charge in [-0.1, -0.05) is 4.98 Å². The van der Waals surface area contributed by atoms with Gasteiger partial charge in [0.15, 0.2) is 30.2 Å². The molecule has 0 aromatic carbocycles. The van der Waals surface area contributed by atoms with Crippen molar-refractivity contribution < 1.29 is 103 Å². The number of anilines is 2. The first kappa shape index (κ1) is 58.2. The molecular formula is C35H49BN13O24P4. The fourth-order valence-electron chi connectivity index (χ4n) is 8.53. The average Bonchev–Trinajstić information content (AvgIpc) is 4.13. The van der Waals surface area contributed by atoms with Gasteiger partial charge in [0.05, 0.1) is 46.8 Å². The van der Waals surface area contributed by atoms with Gasteiger partial charge in [-0.05, 0) is 0 Å². The first-order valence-corrected chi connectivity index (χ1v) is 28.2. The number of hydrogen-bond donors (Lipinski definition) is 10. The van der Waals surface area contributed by atoms with Crippen LogP contribution >= 0.6 is 30.9 Å². The van der Waals surface area contributed by atoms with Crippen molar-refractivity contribution in [2.75, 3.05) is 52.5 Å². The smallest absolute Gasteiger partial charge is 0.443 e. The monoisotopic (exact) mass is 1170 g/mol. The van der Waals surface area contributed by atoms with Crippen molar-refractivity contribution >= 4 is 78.5 Å². The van der Waals surface area contributed by atoms with Crippen LogP contribution in [0.25, 0.3) is 22.3 Å². The second-order valence-electron chi connectivity index (χ2n) is 17.4. The summed E-state index contributed by atoms with van der Waals surface area (Å²) in [4.78, 5) is 103. The van der Waals surface area contributed by atoms with Gasteiger partial charge in [-0.15, -0.1) is 0 Å². The molecule has 0 aliphatic carbocycles. The molecule has 1 amide bonds. The molecule has 5 aromatic heterocycles. The highest BCUT2D eigenvalue weighted by Gasteiger charge is 2.53. The van der Waals surface area contributed by atoms with Crippen molar-refractivity contribution in [2.24, 2.45) is 13.0 Å². The van der Waals surface area contributed by atoms with E-state index >= 15 is 0 Å². The largest absolute Gasteiger partial charge is 0.485 e. The lowest BCUT2D eigenvalue weighted by Crippen LogP contribution is -2.45. The third-order valence-electron chi connectivity index (χ3n) is 12.1. The summed E-state index contributed by atoms with van der Waals surface area (Å²) in [6, 6.07) is 0.926. The number of carbonyl (C=O) groups excluding carboxylic acids is 1. The number of nitrogen functional groups attached to an aromatic ring is 2. The lowest BCUT2D eigenvalue weighted by atomic mass is 9.94. The Bertz CT molecular complexity index is 3420. The summed E-state index contributed by atoms with van der Waals surface area (Å²) in [5.41, 5.74) is 9.26. The summed E-state index contributed by atoms with van der Waals surface area (Å²) < 4.78 is 111. The quantitative estimate of drug-likeness (QED) is 0.0190. The highest BCUT2D eigenvalue weighted by molar-refractivity contribution is 7.84. The summed E-state index contributed by atoms with van der Waals surface area (Å²) in [5.74, 6) is -2.09. The number of aromatic amines is 2. The number of imidazole rings is 2. The van der Waals surface area contributed by atoms with Crippen LogP contribution in [0.2, 0.25) is 0 Å². The average molecular weight is 1170 g/mol. The number of nitrogens with two attached hydrogens (primary N) is 2. The number of nitrogens with one attached hydrogen (secondary N) is 2. The Hall–Kier alpha value is -5.01. The van der Waals surface area contributed by atoms with Crippen LogP contribution in [0.5, 0.6) is 0 Å². The number of aliphatic hydroxyl groups is 3. The Labute approximate surface area is 431 Å². The number of phosphoric acid groups is 3. The summed E-state index contributed by atoms with van der Waals surface area (Å²) in [6.07, 6.45) is -14.0. The molecule has 16 atom stereocenters. The van der Waals surface area contributed by atoms with Crippen molar-refractivity contribution in [3.8, 4) is 0 Å². The number of H-pyrrole nitrogens is 2. The molecule has 42 heteroatoms. The van der Waals surface area contributed by atoms with E-state index < -0.39 is 153 Å². The van der Waals surface area contributed by atoms with Crippen LogP contribution in [-0.2, 0) is 75.8 Å². The standard InChI is InChI=1S/C35H48BN13O24P4/c1-45(2)19(51)7-14-15(68-31(22(14)52)49-13-46(3)21-29(49)43-34(38)44-30(21)55)8-65-74(36,57)72-77(62,63)73-76(60,61)67-10-17-25(26(64-4)33(70-17)48-12-41-20-27(37)39-11-40-28(20)48)71-75(58,59)66-9-16-23(53)24(54)32(69-16)47-6-5-18(50)42-35(47)56/h5-6,11-17,22-26,31-33,52-54H,7-10H2,1-4H3,(H8-,37,38,39,40,42,43,44,50,55,56,58,59,60,61,62,63)/q-1/p+1/t14-,15-,16-,17-,22-,23-,24-,25-,26-,31-,32-,33-,74?/m1/s1. The highest BCUT2D eigenvalue weighted by Crippen LogP contribution is 2.68. The number of aromatic nitrogens is 10. The van der Waals surface area contributed by atoms with Crippen molar-refractivity contribution in [2.45, 2.75) is 73.9 Å². The predicted molar refractivity (Wildman–Crippen MR) is 252 cm³/mol. The topological polar surface area (TPSA) is 507 Å². The zero-order valence-electron chi connectivity index (χ0n) is 40.2. The number of methoxy groups -OCH3 is 1. The first-order valence-electron chi connectivity index (χ1n) is 22.1. The number of hydrogen-bond acceptors (Lipinski definition) is 27. The molecule has 3 radical (unpaired) electrons. The Kier molecular flexibility index (Phi) is 16.8. The molecule has 3 aliphatic heterocycles. The van der Waals surface area contributed by atoms with E-state index in [1.165, 1.54) is 46.1 Å². The number of rotatable bonds is 21. The lowest BCUT2D eigenvalue weighted by molar-refractivity contribution is -0.745. The van der Waals surface area contributed by atoms with Gasteiger partial charge < -0.3 is 82.0 Å². The number of fused-ring (bicyclic) bond motifs is 2. The molecule has 8 rings (SSSR count). The number of amides is 1. The lowest BCUT2D eigenvalue weighted by Gasteiger charge is -2.30. The number of aryl methyl sites for hydroxylation is 1. The molecule has 8 heterocycles. The Morgan fingerprint density at radius 1 is 0.844 bits per heavy atom. The molecule has 3 fully saturated rings. The van der Waals surface area contributed by atoms with E-state index in [1.807, 2.05) is 4.98 Å². The van der Waals surface area contributed by atoms with E-state index in [1.54, 1.807) is 0 Å². The van der Waals surface area contributed by atoms with Crippen LogP contribution in [-0.4, -0.2) is 182 Å². The highest BCUT2D eigenvalue weighted by atomic mass is 31.3. The van der Waals surface area contributed by atoms with Crippen LogP contribution in [0.1, 0.15) is 25.1 Å². The number of aliphatic hydroxyl groups excluding tert-OH is 3. The minimum absolute atomic E-state index is 0.00958. The molecule has 12 N–H and O–H groups in total. The number of nitrogens with zero attached hydrogens (tertiary/aromatic N) is 9. The van der Waals surface area contributed by atoms with Gasteiger partial charge in [-0.2, -0.15) is 4.31 Å². The van der Waals surface area contributed by atoms with E-state index in [2.05, 4.69) is 33.5 Å². The van der Waals surface area contributed by atoms with Crippen LogP contribution < -0.4 is 32.8 Å². The van der Waals surface area contributed by atoms with Gasteiger partial charge in [0.25, 0.3) is 17.1 Å². The number of ether oxygens (including phenoxy) is 4. The Balaban J connectivity index is 0.951. The number of phosphoric ester groups is 2. The summed E-state index contributed by atoms with van der Waals surface area (Å²) in [5, 5.41) is 32.8. The van der Waals surface area contributed by atoms with E-state index in [-0.39, 0.29) is 34.1 Å². The Morgan fingerprint density at radius 2 is 1.52 bits per heavy atom. The van der Waals surface area contributed by atoms with Gasteiger partial charge in [-0.25, -0.2) is 42.3 Å². The predicted octanol–water partition coefficient (Wildman–Crippen LogP) is -3.97. The number of carbonyl (C=O) groups is 1. The van der Waals surface area contributed by atoms with E-state index in [4.69, 9.17) is 56.1 Å². The van der Waals surface area contributed by atoms with Crippen LogP contribution in [0.4, 0.5) is 11.8 Å². The summed E-state index contributed by atoms with van der Waals surface area (Å²) in [7, 11) is -11.8. The maximum Gasteiger partial charge on any atom is 0.485 e. The maximum atomic E-state index is 13.6. The van der Waals surface area contributed by atoms with Gasteiger partial charge in [-0.3, -0.25) is 51.6 Å². The van der Waals surface area contributed by atoms with Gasteiger partial charge in [0.1, 0.15) is 54.6 Å². The molecule has 3 aliphatic rings. The molecule has 0 spiro atoms. The van der Waals surface area contributed by atoms with E-state index in [0.717, 1.165) is 36.6 Å². The summed E-state index contributed by atoms with van der Waals surface area (Å²) in [6.45, 7) is -3.20. The molecule has 77 heavy (non-hydrogen) atoms. The van der Waals surface area contributed by atoms with E-state index in [0.29, 0.717) is 0 Å². The third kappa shape index (κ3) is 12.6. The van der Waals surface area contributed by atoms with E-state index in [9.17, 15) is 67.4 Å². The summed E-state index contributed by atoms with van der Waals surface area (Å²) >= 11 is 0.